The van der Waals surface area contributed by atoms with Crippen LogP contribution < -0.4 is 11.1 Å². The Morgan fingerprint density at radius 1 is 1.07 bits per heavy atom. The van der Waals surface area contributed by atoms with Crippen LogP contribution in [0.3, 0.4) is 0 Å². The number of aromatic nitrogens is 1. The second-order valence-electron chi connectivity index (χ2n) is 6.88. The van der Waals surface area contributed by atoms with Gasteiger partial charge < -0.3 is 20.5 Å². The summed E-state index contributed by atoms with van der Waals surface area (Å²) >= 11 is 0. The van der Waals surface area contributed by atoms with E-state index in [1.807, 2.05) is 53.1 Å². The van der Waals surface area contributed by atoms with Gasteiger partial charge in [0, 0.05) is 35.7 Å². The minimum atomic E-state index is -0.436. The number of carbonyl (C=O) groups excluding carboxylic acids is 2. The number of likely N-dealkylation sites (tertiary alicyclic amines) is 1. The van der Waals surface area contributed by atoms with Crippen LogP contribution in [-0.4, -0.2) is 40.5 Å². The largest absolute Gasteiger partial charge is 0.351 e. The molecule has 138 valence electrons. The number of hydrogen-bond acceptors (Lipinski definition) is 2. The van der Waals surface area contributed by atoms with E-state index in [2.05, 4.69) is 17.4 Å². The van der Waals surface area contributed by atoms with Gasteiger partial charge in [-0.15, -0.1) is 0 Å². The Bertz CT molecular complexity index is 980. The van der Waals surface area contributed by atoms with E-state index in [0.717, 1.165) is 28.6 Å². The highest BCUT2D eigenvalue weighted by Gasteiger charge is 2.26. The van der Waals surface area contributed by atoms with Crippen LogP contribution in [0.2, 0.25) is 0 Å². The van der Waals surface area contributed by atoms with Gasteiger partial charge in [0.1, 0.15) is 6.54 Å². The van der Waals surface area contributed by atoms with Crippen molar-refractivity contribution in [3.8, 4) is 11.3 Å². The molecule has 3 aromatic rings. The molecule has 27 heavy (non-hydrogen) atoms. The van der Waals surface area contributed by atoms with Crippen molar-refractivity contribution in [1.29, 1.82) is 0 Å². The first-order valence-electron chi connectivity index (χ1n) is 9.09. The quantitative estimate of drug-likeness (QED) is 0.748. The van der Waals surface area contributed by atoms with Crippen LogP contribution in [0.5, 0.6) is 0 Å². The van der Waals surface area contributed by atoms with Gasteiger partial charge in [0.05, 0.1) is 0 Å². The molecule has 1 aromatic heterocycles. The minimum Gasteiger partial charge on any atom is -0.351 e. The number of para-hydroxylation sites is 1. The van der Waals surface area contributed by atoms with E-state index in [4.69, 9.17) is 5.73 Å². The zero-order chi connectivity index (χ0) is 18.8. The Kier molecular flexibility index (Phi) is 4.54. The number of carbonyl (C=O) groups is 2. The lowest BCUT2D eigenvalue weighted by molar-refractivity contribution is -0.122. The molecule has 1 aliphatic heterocycles. The highest BCUT2D eigenvalue weighted by atomic mass is 16.2. The predicted octanol–water partition coefficient (Wildman–Crippen LogP) is 2.58. The molecule has 1 fully saturated rings. The summed E-state index contributed by atoms with van der Waals surface area (Å²) in [6.07, 6.45) is 0.729. The van der Waals surface area contributed by atoms with Crippen LogP contribution >= 0.6 is 0 Å². The van der Waals surface area contributed by atoms with Crippen LogP contribution in [0.1, 0.15) is 6.42 Å². The number of fused-ring (bicyclic) bond motifs is 1. The summed E-state index contributed by atoms with van der Waals surface area (Å²) in [4.78, 5) is 25.5. The van der Waals surface area contributed by atoms with Gasteiger partial charge in [-0.1, -0.05) is 48.5 Å². The number of urea groups is 1. The first-order valence-corrected chi connectivity index (χ1v) is 9.09. The van der Waals surface area contributed by atoms with Gasteiger partial charge >= 0.3 is 6.03 Å². The zero-order valence-corrected chi connectivity index (χ0v) is 15.0. The van der Waals surface area contributed by atoms with E-state index < -0.39 is 6.03 Å². The van der Waals surface area contributed by atoms with E-state index >= 15 is 0 Å². The van der Waals surface area contributed by atoms with Crippen molar-refractivity contribution >= 4 is 22.8 Å². The summed E-state index contributed by atoms with van der Waals surface area (Å²) in [5, 5.41) is 4.14. The van der Waals surface area contributed by atoms with E-state index in [9.17, 15) is 9.59 Å². The molecule has 1 atom stereocenters. The molecule has 6 nitrogen and oxygen atoms in total. The van der Waals surface area contributed by atoms with Gasteiger partial charge in [-0.3, -0.25) is 4.79 Å². The molecule has 1 aliphatic rings. The van der Waals surface area contributed by atoms with Gasteiger partial charge in [-0.25, -0.2) is 4.79 Å². The fraction of sp³-hybridized carbons (Fsp3) is 0.238. The molecule has 4 rings (SSSR count). The SMILES string of the molecule is NC(=O)N1CCC(NC(=O)Cn2c(-c3ccccc3)cc3ccccc32)C1. The summed E-state index contributed by atoms with van der Waals surface area (Å²) in [5.41, 5.74) is 8.42. The molecule has 6 heteroatoms. The Hall–Kier alpha value is -3.28. The minimum absolute atomic E-state index is 0.0491. The van der Waals surface area contributed by atoms with Crippen LogP contribution in [0.25, 0.3) is 22.2 Å². The Labute approximate surface area is 157 Å². The normalized spacial score (nSPS) is 16.6. The summed E-state index contributed by atoms with van der Waals surface area (Å²) in [6, 6.07) is 19.7. The lowest BCUT2D eigenvalue weighted by atomic mass is 10.1. The average Bonchev–Trinajstić information content (AvgIpc) is 3.28. The third kappa shape index (κ3) is 3.51. The Balaban J connectivity index is 1.58. The Morgan fingerprint density at radius 2 is 1.81 bits per heavy atom. The van der Waals surface area contributed by atoms with E-state index in [0.29, 0.717) is 13.1 Å². The van der Waals surface area contributed by atoms with Gasteiger partial charge in [0.15, 0.2) is 0 Å². The van der Waals surface area contributed by atoms with Crippen LogP contribution in [-0.2, 0) is 11.3 Å². The highest BCUT2D eigenvalue weighted by Crippen LogP contribution is 2.28. The number of nitrogens with zero attached hydrogens (tertiary/aromatic N) is 2. The maximum atomic E-state index is 12.7. The molecule has 1 unspecified atom stereocenters. The van der Waals surface area contributed by atoms with Gasteiger partial charge in [0.25, 0.3) is 0 Å². The van der Waals surface area contributed by atoms with Crippen molar-refractivity contribution in [3.63, 3.8) is 0 Å². The monoisotopic (exact) mass is 362 g/mol. The van der Waals surface area contributed by atoms with Crippen LogP contribution in [0.4, 0.5) is 4.79 Å². The molecule has 0 aliphatic carbocycles. The highest BCUT2D eigenvalue weighted by molar-refractivity contribution is 5.89. The number of primary amides is 1. The molecule has 3 N–H and O–H groups in total. The smallest absolute Gasteiger partial charge is 0.314 e. The Morgan fingerprint density at radius 3 is 2.56 bits per heavy atom. The van der Waals surface area contributed by atoms with Gasteiger partial charge in [-0.2, -0.15) is 0 Å². The predicted molar refractivity (Wildman–Crippen MR) is 105 cm³/mol. The number of hydrogen-bond donors (Lipinski definition) is 2. The van der Waals surface area contributed by atoms with Gasteiger partial charge in [0.2, 0.25) is 5.91 Å². The first-order chi connectivity index (χ1) is 13.1. The summed E-state index contributed by atoms with van der Waals surface area (Å²) < 4.78 is 2.04. The fourth-order valence-electron chi connectivity index (χ4n) is 3.72. The maximum Gasteiger partial charge on any atom is 0.314 e. The summed E-state index contributed by atoms with van der Waals surface area (Å²) in [6.45, 7) is 1.28. The maximum absolute atomic E-state index is 12.7. The number of nitrogens with two attached hydrogens (primary N) is 1. The molecule has 1 saturated heterocycles. The molecule has 0 saturated carbocycles. The number of amides is 3. The average molecular weight is 362 g/mol. The molecular weight excluding hydrogens is 340 g/mol. The third-order valence-electron chi connectivity index (χ3n) is 5.05. The fourth-order valence-corrected chi connectivity index (χ4v) is 3.72. The zero-order valence-electron chi connectivity index (χ0n) is 15.0. The molecule has 2 heterocycles. The van der Waals surface area contributed by atoms with E-state index in [1.165, 1.54) is 0 Å². The number of rotatable bonds is 4. The summed E-state index contributed by atoms with van der Waals surface area (Å²) in [7, 11) is 0. The van der Waals surface area contributed by atoms with Gasteiger partial charge in [-0.05, 0) is 24.1 Å². The second kappa shape index (κ2) is 7.15. The number of benzene rings is 2. The van der Waals surface area contributed by atoms with Crippen LogP contribution in [0, 0.1) is 0 Å². The standard InChI is InChI=1S/C21H22N4O2/c22-21(27)24-11-10-17(13-24)23-20(26)14-25-18-9-5-4-8-16(18)12-19(25)15-6-2-1-3-7-15/h1-9,12,17H,10-11,13-14H2,(H2,22,27)(H,23,26). The van der Waals surface area contributed by atoms with Crippen molar-refractivity contribution in [2.45, 2.75) is 19.0 Å². The molecule has 0 bridgehead atoms. The van der Waals surface area contributed by atoms with E-state index in [1.54, 1.807) is 4.90 Å². The van der Waals surface area contributed by atoms with Crippen molar-refractivity contribution in [1.82, 2.24) is 14.8 Å². The molecular formula is C21H22N4O2. The molecule has 3 amide bonds. The molecule has 0 radical (unpaired) electrons. The van der Waals surface area contributed by atoms with Crippen molar-refractivity contribution < 1.29 is 9.59 Å². The third-order valence-corrected chi connectivity index (χ3v) is 5.05. The number of nitrogens with one attached hydrogen (secondary N) is 1. The second-order valence-corrected chi connectivity index (χ2v) is 6.88. The van der Waals surface area contributed by atoms with Crippen molar-refractivity contribution in [2.24, 2.45) is 5.73 Å². The molecule has 0 spiro atoms. The van der Waals surface area contributed by atoms with Crippen LogP contribution in [0.15, 0.2) is 60.7 Å². The van der Waals surface area contributed by atoms with Crippen molar-refractivity contribution in [3.05, 3.63) is 60.7 Å². The first kappa shape index (κ1) is 17.1. The lowest BCUT2D eigenvalue weighted by Gasteiger charge is -2.16. The molecule has 2 aromatic carbocycles. The topological polar surface area (TPSA) is 80.4 Å². The summed E-state index contributed by atoms with van der Waals surface area (Å²) in [5.74, 6) is -0.0649. The van der Waals surface area contributed by atoms with Crippen molar-refractivity contribution in [2.75, 3.05) is 13.1 Å². The lowest BCUT2D eigenvalue weighted by Crippen LogP contribution is -2.41. The van der Waals surface area contributed by atoms with E-state index in [-0.39, 0.29) is 18.5 Å².